The van der Waals surface area contributed by atoms with Crippen LogP contribution in [0.15, 0.2) is 24.3 Å². The smallest absolute Gasteiger partial charge is 0.224 e. The highest BCUT2D eigenvalue weighted by Gasteiger charge is 2.38. The Labute approximate surface area is 139 Å². The number of para-hydroxylation sites is 1. The molecule has 3 N–H and O–H groups in total. The van der Waals surface area contributed by atoms with E-state index in [0.717, 1.165) is 18.6 Å². The molecule has 1 aliphatic rings. The molecule has 0 bridgehead atoms. The second-order valence-electron chi connectivity index (χ2n) is 6.04. The molecule has 0 aliphatic heterocycles. The van der Waals surface area contributed by atoms with E-state index in [1.807, 2.05) is 25.1 Å². The Hall–Kier alpha value is -1.26. The zero-order chi connectivity index (χ0) is 15.3. The first kappa shape index (κ1) is 18.8. The van der Waals surface area contributed by atoms with E-state index in [4.69, 9.17) is 10.5 Å². The Morgan fingerprint density at radius 3 is 2.59 bits per heavy atom. The van der Waals surface area contributed by atoms with Gasteiger partial charge in [-0.05, 0) is 18.9 Å². The molecule has 0 radical (unpaired) electrons. The lowest BCUT2D eigenvalue weighted by molar-refractivity contribution is -0.124. The van der Waals surface area contributed by atoms with Gasteiger partial charge in [-0.2, -0.15) is 0 Å². The van der Waals surface area contributed by atoms with Gasteiger partial charge < -0.3 is 15.8 Å². The molecule has 0 spiro atoms. The van der Waals surface area contributed by atoms with Crippen molar-refractivity contribution in [2.45, 2.75) is 38.0 Å². The summed E-state index contributed by atoms with van der Waals surface area (Å²) in [5.74, 6) is 0.820. The molecule has 2 rings (SSSR count). The molecule has 5 heteroatoms. The van der Waals surface area contributed by atoms with Crippen molar-refractivity contribution in [1.29, 1.82) is 0 Å². The van der Waals surface area contributed by atoms with Crippen LogP contribution in [0.1, 0.15) is 38.2 Å². The van der Waals surface area contributed by atoms with Gasteiger partial charge in [-0.15, -0.1) is 12.4 Å². The van der Waals surface area contributed by atoms with Gasteiger partial charge in [0.15, 0.2) is 0 Å². The number of ether oxygens (including phenoxy) is 1. The Bertz CT molecular complexity index is 487. The lowest BCUT2D eigenvalue weighted by Crippen LogP contribution is -2.42. The van der Waals surface area contributed by atoms with Crippen LogP contribution in [-0.4, -0.2) is 26.1 Å². The summed E-state index contributed by atoms with van der Waals surface area (Å²) in [6.45, 7) is 2.91. The summed E-state index contributed by atoms with van der Waals surface area (Å²) in [4.78, 5) is 12.0. The van der Waals surface area contributed by atoms with Gasteiger partial charge in [0.2, 0.25) is 5.91 Å². The molecule has 1 aromatic carbocycles. The highest BCUT2D eigenvalue weighted by Crippen LogP contribution is 2.44. The Morgan fingerprint density at radius 1 is 1.36 bits per heavy atom. The molecule has 1 unspecified atom stereocenters. The maximum absolute atomic E-state index is 12.0. The van der Waals surface area contributed by atoms with Gasteiger partial charge in [-0.3, -0.25) is 4.79 Å². The predicted molar refractivity (Wildman–Crippen MR) is 91.6 cm³/mol. The summed E-state index contributed by atoms with van der Waals surface area (Å²) < 4.78 is 5.53. The molecule has 1 atom stereocenters. The minimum Gasteiger partial charge on any atom is -0.496 e. The molecule has 4 nitrogen and oxygen atoms in total. The first-order valence-electron chi connectivity index (χ1n) is 7.74. The van der Waals surface area contributed by atoms with E-state index in [9.17, 15) is 4.79 Å². The van der Waals surface area contributed by atoms with E-state index in [1.54, 1.807) is 7.11 Å². The summed E-state index contributed by atoms with van der Waals surface area (Å²) in [6, 6.07) is 8.16. The van der Waals surface area contributed by atoms with Crippen molar-refractivity contribution in [1.82, 2.24) is 5.32 Å². The SMILES string of the molecule is COc1ccccc1C1(CNC(=O)C(C)CN)CCCC1.Cl. The van der Waals surface area contributed by atoms with Crippen LogP contribution in [-0.2, 0) is 10.2 Å². The van der Waals surface area contributed by atoms with Gasteiger partial charge in [0.25, 0.3) is 0 Å². The minimum absolute atomic E-state index is 0. The average Bonchev–Trinajstić information content (AvgIpc) is 3.01. The van der Waals surface area contributed by atoms with Gasteiger partial charge in [0.1, 0.15) is 5.75 Å². The number of benzene rings is 1. The van der Waals surface area contributed by atoms with Gasteiger partial charge in [-0.25, -0.2) is 0 Å². The summed E-state index contributed by atoms with van der Waals surface area (Å²) in [7, 11) is 1.70. The van der Waals surface area contributed by atoms with Crippen molar-refractivity contribution >= 4 is 18.3 Å². The van der Waals surface area contributed by atoms with Crippen LogP contribution in [0.25, 0.3) is 0 Å². The zero-order valence-electron chi connectivity index (χ0n) is 13.4. The van der Waals surface area contributed by atoms with E-state index < -0.39 is 0 Å². The molecule has 0 saturated heterocycles. The molecule has 1 aliphatic carbocycles. The summed E-state index contributed by atoms with van der Waals surface area (Å²) >= 11 is 0. The van der Waals surface area contributed by atoms with Crippen LogP contribution in [0.5, 0.6) is 5.75 Å². The van der Waals surface area contributed by atoms with Gasteiger partial charge in [0, 0.05) is 30.0 Å². The summed E-state index contributed by atoms with van der Waals surface area (Å²) in [6.07, 6.45) is 4.57. The third-order valence-corrected chi connectivity index (χ3v) is 4.64. The Kier molecular flexibility index (Phi) is 7.17. The van der Waals surface area contributed by atoms with Gasteiger partial charge in [-0.1, -0.05) is 38.0 Å². The van der Waals surface area contributed by atoms with Crippen LogP contribution in [0.4, 0.5) is 0 Å². The topological polar surface area (TPSA) is 64.3 Å². The number of carbonyl (C=O) groups excluding carboxylic acids is 1. The van der Waals surface area contributed by atoms with E-state index in [2.05, 4.69) is 11.4 Å². The lowest BCUT2D eigenvalue weighted by atomic mass is 9.78. The molecular formula is C17H27ClN2O2. The minimum atomic E-state index is -0.138. The summed E-state index contributed by atoms with van der Waals surface area (Å²) in [5.41, 5.74) is 6.78. The molecule has 0 aromatic heterocycles. The number of hydrogen-bond donors (Lipinski definition) is 2. The van der Waals surface area contributed by atoms with E-state index in [1.165, 1.54) is 18.4 Å². The number of nitrogens with one attached hydrogen (secondary N) is 1. The molecule has 1 fully saturated rings. The first-order chi connectivity index (χ1) is 10.1. The van der Waals surface area contributed by atoms with Gasteiger partial charge in [0.05, 0.1) is 7.11 Å². The lowest BCUT2D eigenvalue weighted by Gasteiger charge is -2.31. The van der Waals surface area contributed by atoms with E-state index in [-0.39, 0.29) is 29.6 Å². The second-order valence-corrected chi connectivity index (χ2v) is 6.04. The van der Waals surface area contributed by atoms with Crippen molar-refractivity contribution in [3.05, 3.63) is 29.8 Å². The predicted octanol–water partition coefficient (Wildman–Crippen LogP) is 2.64. The molecule has 1 saturated carbocycles. The standard InChI is InChI=1S/C17H26N2O2.ClH/c1-13(11-18)16(20)19-12-17(9-5-6-10-17)14-7-3-4-8-15(14)21-2;/h3-4,7-8,13H,5-6,9-12,18H2,1-2H3,(H,19,20);1H. The van der Waals surface area contributed by atoms with Crippen LogP contribution in [0.2, 0.25) is 0 Å². The van der Waals surface area contributed by atoms with Crippen molar-refractivity contribution < 1.29 is 9.53 Å². The number of rotatable bonds is 6. The normalized spacial score (nSPS) is 17.4. The molecular weight excluding hydrogens is 300 g/mol. The van der Waals surface area contributed by atoms with E-state index >= 15 is 0 Å². The fourth-order valence-corrected chi connectivity index (χ4v) is 3.21. The Balaban J connectivity index is 0.00000242. The van der Waals surface area contributed by atoms with Crippen molar-refractivity contribution in [3.8, 4) is 5.75 Å². The quantitative estimate of drug-likeness (QED) is 0.844. The number of methoxy groups -OCH3 is 1. The fraction of sp³-hybridized carbons (Fsp3) is 0.588. The van der Waals surface area contributed by atoms with Crippen LogP contribution >= 0.6 is 12.4 Å². The highest BCUT2D eigenvalue weighted by molar-refractivity contribution is 5.85. The largest absolute Gasteiger partial charge is 0.496 e. The number of amides is 1. The fourth-order valence-electron chi connectivity index (χ4n) is 3.21. The number of halogens is 1. The van der Waals surface area contributed by atoms with Crippen molar-refractivity contribution in [3.63, 3.8) is 0 Å². The maximum atomic E-state index is 12.0. The first-order valence-corrected chi connectivity index (χ1v) is 7.74. The van der Waals surface area contributed by atoms with Crippen molar-refractivity contribution in [2.24, 2.45) is 11.7 Å². The molecule has 1 aromatic rings. The average molecular weight is 327 g/mol. The monoisotopic (exact) mass is 326 g/mol. The molecule has 22 heavy (non-hydrogen) atoms. The highest BCUT2D eigenvalue weighted by atomic mass is 35.5. The van der Waals surface area contributed by atoms with Crippen LogP contribution in [0.3, 0.4) is 0 Å². The maximum Gasteiger partial charge on any atom is 0.224 e. The Morgan fingerprint density at radius 2 is 2.00 bits per heavy atom. The summed E-state index contributed by atoms with van der Waals surface area (Å²) in [5, 5.41) is 3.09. The van der Waals surface area contributed by atoms with Crippen LogP contribution < -0.4 is 15.8 Å². The third kappa shape index (κ3) is 3.93. The van der Waals surface area contributed by atoms with E-state index in [0.29, 0.717) is 13.1 Å². The number of nitrogens with two attached hydrogens (primary N) is 1. The third-order valence-electron chi connectivity index (χ3n) is 4.64. The van der Waals surface area contributed by atoms with Gasteiger partial charge >= 0.3 is 0 Å². The second kappa shape index (κ2) is 8.39. The van der Waals surface area contributed by atoms with Crippen LogP contribution in [0, 0.1) is 5.92 Å². The number of carbonyl (C=O) groups is 1. The molecule has 0 heterocycles. The molecule has 124 valence electrons. The number of hydrogen-bond acceptors (Lipinski definition) is 3. The van der Waals surface area contributed by atoms with Crippen molar-refractivity contribution in [2.75, 3.05) is 20.2 Å². The zero-order valence-corrected chi connectivity index (χ0v) is 14.2. The molecule has 1 amide bonds.